The maximum atomic E-state index is 12.1. The molecule has 138 valence electrons. The highest BCUT2D eigenvalue weighted by Gasteiger charge is 2.15. The molecule has 0 atom stereocenters. The van der Waals surface area contributed by atoms with Gasteiger partial charge >= 0.3 is 0 Å². The Bertz CT molecular complexity index is 1070. The zero-order valence-corrected chi connectivity index (χ0v) is 14.8. The van der Waals surface area contributed by atoms with E-state index < -0.39 is 0 Å². The van der Waals surface area contributed by atoms with Crippen LogP contribution in [0.5, 0.6) is 5.75 Å². The molecule has 2 heterocycles. The van der Waals surface area contributed by atoms with Gasteiger partial charge in [0.25, 0.3) is 11.8 Å². The van der Waals surface area contributed by atoms with Crippen molar-refractivity contribution in [3.8, 4) is 28.6 Å². The molecule has 1 amide bonds. The maximum Gasteiger partial charge on any atom is 0.262 e. The second kappa shape index (κ2) is 8.13. The van der Waals surface area contributed by atoms with Crippen LogP contribution < -0.4 is 10.1 Å². The highest BCUT2D eigenvalue weighted by molar-refractivity contribution is 5.91. The van der Waals surface area contributed by atoms with Crippen molar-refractivity contribution in [1.82, 2.24) is 15.1 Å². The third kappa shape index (κ3) is 4.04. The number of rotatable bonds is 6. The Hall–Kier alpha value is -4.00. The highest BCUT2D eigenvalue weighted by atomic mass is 16.5. The maximum absolute atomic E-state index is 12.1. The number of para-hydroxylation sites is 1. The number of amides is 1. The third-order valence-corrected chi connectivity index (χ3v) is 3.90. The van der Waals surface area contributed by atoms with Crippen molar-refractivity contribution >= 4 is 11.6 Å². The summed E-state index contributed by atoms with van der Waals surface area (Å²) in [6.07, 6.45) is 3.21. The zero-order chi connectivity index (χ0) is 19.2. The Labute approximate surface area is 161 Å². The van der Waals surface area contributed by atoms with Crippen molar-refractivity contribution in [2.45, 2.75) is 0 Å². The summed E-state index contributed by atoms with van der Waals surface area (Å²) < 4.78 is 11.1. The molecule has 28 heavy (non-hydrogen) atoms. The van der Waals surface area contributed by atoms with Gasteiger partial charge in [-0.25, -0.2) is 0 Å². The normalized spacial score (nSPS) is 10.4. The van der Waals surface area contributed by atoms with E-state index in [0.29, 0.717) is 28.7 Å². The minimum Gasteiger partial charge on any atom is -0.483 e. The number of anilines is 1. The largest absolute Gasteiger partial charge is 0.483 e. The van der Waals surface area contributed by atoms with E-state index in [1.54, 1.807) is 36.7 Å². The van der Waals surface area contributed by atoms with Gasteiger partial charge < -0.3 is 14.6 Å². The van der Waals surface area contributed by atoms with Gasteiger partial charge in [-0.1, -0.05) is 47.6 Å². The van der Waals surface area contributed by atoms with Crippen molar-refractivity contribution in [3.63, 3.8) is 0 Å². The number of hydrogen-bond acceptors (Lipinski definition) is 6. The van der Waals surface area contributed by atoms with Crippen molar-refractivity contribution in [3.05, 3.63) is 79.1 Å². The van der Waals surface area contributed by atoms with Crippen LogP contribution in [0.25, 0.3) is 22.8 Å². The van der Waals surface area contributed by atoms with E-state index in [9.17, 15) is 4.79 Å². The Morgan fingerprint density at radius 1 is 0.964 bits per heavy atom. The van der Waals surface area contributed by atoms with Crippen molar-refractivity contribution in [2.75, 3.05) is 11.9 Å². The van der Waals surface area contributed by atoms with E-state index in [1.807, 2.05) is 42.5 Å². The Balaban J connectivity index is 1.48. The van der Waals surface area contributed by atoms with Crippen LogP contribution in [-0.2, 0) is 4.79 Å². The average Bonchev–Trinajstić information content (AvgIpc) is 3.24. The SMILES string of the molecule is O=C(COc1ccccc1-c1nc(-c2ccccc2)no1)Nc1ccncc1. The summed E-state index contributed by atoms with van der Waals surface area (Å²) in [6, 6.07) is 20.2. The molecule has 0 bridgehead atoms. The number of pyridine rings is 1. The molecular formula is C21H16N4O3. The van der Waals surface area contributed by atoms with E-state index in [4.69, 9.17) is 9.26 Å². The lowest BCUT2D eigenvalue weighted by Crippen LogP contribution is -2.20. The smallest absolute Gasteiger partial charge is 0.262 e. The van der Waals surface area contributed by atoms with Gasteiger partial charge in [0.2, 0.25) is 5.82 Å². The topological polar surface area (TPSA) is 90.1 Å². The number of hydrogen-bond donors (Lipinski definition) is 1. The van der Waals surface area contributed by atoms with E-state index in [0.717, 1.165) is 5.56 Å². The molecule has 0 radical (unpaired) electrons. The van der Waals surface area contributed by atoms with E-state index in [1.165, 1.54) is 0 Å². The van der Waals surface area contributed by atoms with Gasteiger partial charge in [0.1, 0.15) is 5.75 Å². The predicted octanol–water partition coefficient (Wildman–Crippen LogP) is 3.82. The number of nitrogens with one attached hydrogen (secondary N) is 1. The first-order valence-electron chi connectivity index (χ1n) is 8.61. The van der Waals surface area contributed by atoms with Gasteiger partial charge in [0.05, 0.1) is 5.56 Å². The van der Waals surface area contributed by atoms with Gasteiger partial charge in [-0.05, 0) is 24.3 Å². The molecule has 0 aliphatic heterocycles. The molecule has 0 spiro atoms. The molecule has 7 nitrogen and oxygen atoms in total. The molecule has 0 aliphatic rings. The summed E-state index contributed by atoms with van der Waals surface area (Å²) in [6.45, 7) is -0.154. The summed E-state index contributed by atoms with van der Waals surface area (Å²) >= 11 is 0. The Morgan fingerprint density at radius 2 is 1.71 bits per heavy atom. The van der Waals surface area contributed by atoms with Crippen LogP contribution in [-0.4, -0.2) is 27.6 Å². The lowest BCUT2D eigenvalue weighted by molar-refractivity contribution is -0.118. The lowest BCUT2D eigenvalue weighted by atomic mass is 10.2. The molecule has 0 saturated carbocycles. The molecule has 7 heteroatoms. The van der Waals surface area contributed by atoms with E-state index in [-0.39, 0.29) is 12.5 Å². The highest BCUT2D eigenvalue weighted by Crippen LogP contribution is 2.30. The number of carbonyl (C=O) groups excluding carboxylic acids is 1. The summed E-state index contributed by atoms with van der Waals surface area (Å²) in [4.78, 5) is 20.5. The summed E-state index contributed by atoms with van der Waals surface area (Å²) in [5.41, 5.74) is 2.13. The van der Waals surface area contributed by atoms with Crippen LogP contribution >= 0.6 is 0 Å². The molecule has 0 aliphatic carbocycles. The average molecular weight is 372 g/mol. The molecule has 0 fully saturated rings. The minimum atomic E-state index is -0.281. The van der Waals surface area contributed by atoms with Crippen LogP contribution in [0.3, 0.4) is 0 Å². The molecule has 2 aromatic carbocycles. The van der Waals surface area contributed by atoms with Gasteiger partial charge in [0, 0.05) is 23.6 Å². The number of nitrogens with zero attached hydrogens (tertiary/aromatic N) is 3. The fourth-order valence-electron chi connectivity index (χ4n) is 2.58. The number of ether oxygens (including phenoxy) is 1. The third-order valence-electron chi connectivity index (χ3n) is 3.90. The zero-order valence-electron chi connectivity index (χ0n) is 14.8. The molecule has 2 aromatic heterocycles. The van der Waals surface area contributed by atoms with Crippen molar-refractivity contribution < 1.29 is 14.1 Å². The minimum absolute atomic E-state index is 0.154. The van der Waals surface area contributed by atoms with Crippen molar-refractivity contribution in [1.29, 1.82) is 0 Å². The lowest BCUT2D eigenvalue weighted by Gasteiger charge is -2.09. The number of carbonyl (C=O) groups is 1. The molecule has 0 unspecified atom stereocenters. The second-order valence-corrected chi connectivity index (χ2v) is 5.86. The van der Waals surface area contributed by atoms with Gasteiger partial charge in [-0.15, -0.1) is 0 Å². The molecule has 1 N–H and O–H groups in total. The fourth-order valence-corrected chi connectivity index (χ4v) is 2.58. The molecular weight excluding hydrogens is 356 g/mol. The van der Waals surface area contributed by atoms with Gasteiger partial charge in [0.15, 0.2) is 6.61 Å². The second-order valence-electron chi connectivity index (χ2n) is 5.86. The fraction of sp³-hybridized carbons (Fsp3) is 0.0476. The first kappa shape index (κ1) is 17.4. The molecule has 4 aromatic rings. The van der Waals surface area contributed by atoms with Crippen LogP contribution in [0.15, 0.2) is 83.6 Å². The number of benzene rings is 2. The molecule has 0 saturated heterocycles. The van der Waals surface area contributed by atoms with Gasteiger partial charge in [-0.3, -0.25) is 9.78 Å². The monoisotopic (exact) mass is 372 g/mol. The first-order chi connectivity index (χ1) is 13.8. The van der Waals surface area contributed by atoms with Crippen LogP contribution in [0.2, 0.25) is 0 Å². The van der Waals surface area contributed by atoms with E-state index >= 15 is 0 Å². The van der Waals surface area contributed by atoms with Crippen molar-refractivity contribution in [2.24, 2.45) is 0 Å². The van der Waals surface area contributed by atoms with Crippen LogP contribution in [0, 0.1) is 0 Å². The summed E-state index contributed by atoms with van der Waals surface area (Å²) in [7, 11) is 0. The first-order valence-corrected chi connectivity index (χ1v) is 8.61. The molecule has 4 rings (SSSR count). The Kier molecular flexibility index (Phi) is 5.06. The number of aromatic nitrogens is 3. The van der Waals surface area contributed by atoms with Crippen LogP contribution in [0.4, 0.5) is 5.69 Å². The quantitative estimate of drug-likeness (QED) is 0.553. The predicted molar refractivity (Wildman–Crippen MR) is 104 cm³/mol. The summed E-state index contributed by atoms with van der Waals surface area (Å²) in [5, 5.41) is 6.77. The standard InChI is InChI=1S/C21H16N4O3/c26-19(23-16-10-12-22-13-11-16)14-27-18-9-5-4-8-17(18)21-24-20(25-28-21)15-6-2-1-3-7-15/h1-13H,14H2,(H,22,23,26). The van der Waals surface area contributed by atoms with E-state index in [2.05, 4.69) is 20.4 Å². The summed E-state index contributed by atoms with van der Waals surface area (Å²) in [5.74, 6) is 1.01. The Morgan fingerprint density at radius 3 is 2.54 bits per heavy atom. The van der Waals surface area contributed by atoms with Gasteiger partial charge in [-0.2, -0.15) is 4.98 Å². The van der Waals surface area contributed by atoms with Crippen LogP contribution in [0.1, 0.15) is 0 Å².